The van der Waals surface area contributed by atoms with Crippen LogP contribution in [0.5, 0.6) is 0 Å². The van der Waals surface area contributed by atoms with E-state index in [1.807, 2.05) is 25.1 Å². The van der Waals surface area contributed by atoms with Crippen LogP contribution in [0.25, 0.3) is 0 Å². The van der Waals surface area contributed by atoms with Crippen molar-refractivity contribution in [3.63, 3.8) is 0 Å². The van der Waals surface area contributed by atoms with Gasteiger partial charge in [0.25, 0.3) is 0 Å². The van der Waals surface area contributed by atoms with Crippen molar-refractivity contribution in [1.29, 1.82) is 0 Å². The van der Waals surface area contributed by atoms with Crippen LogP contribution >= 0.6 is 24.0 Å². The third-order valence-corrected chi connectivity index (χ3v) is 3.70. The van der Waals surface area contributed by atoms with E-state index in [1.165, 1.54) is 0 Å². The fraction of sp³-hybridized carbons (Fsp3) is 0.500. The Morgan fingerprint density at radius 2 is 2.30 bits per heavy atom. The number of carbonyl (C=O) groups is 1. The molecule has 20 heavy (non-hydrogen) atoms. The summed E-state index contributed by atoms with van der Waals surface area (Å²) in [5, 5.41) is 6.77. The van der Waals surface area contributed by atoms with Gasteiger partial charge >= 0.3 is 0 Å². The summed E-state index contributed by atoms with van der Waals surface area (Å²) < 4.78 is 0. The molecule has 1 heterocycles. The standard InChI is InChI=1S/C14H20ClN3O.ClH/c1-10-3-4-13(12(15)7-10)17-14(19)9-18-6-5-16-8-11(18)2;/h3-4,7,11,16H,5-6,8-9H2,1-2H3,(H,17,19);1H/t11-;/m0./s1. The smallest absolute Gasteiger partial charge is 0.238 e. The Morgan fingerprint density at radius 1 is 1.55 bits per heavy atom. The molecule has 1 aliphatic heterocycles. The van der Waals surface area contributed by atoms with E-state index in [2.05, 4.69) is 22.5 Å². The van der Waals surface area contributed by atoms with Gasteiger partial charge in [-0.05, 0) is 31.5 Å². The second-order valence-electron chi connectivity index (χ2n) is 5.06. The van der Waals surface area contributed by atoms with Gasteiger partial charge in [0.15, 0.2) is 0 Å². The Morgan fingerprint density at radius 3 is 2.95 bits per heavy atom. The molecular weight excluding hydrogens is 297 g/mol. The summed E-state index contributed by atoms with van der Waals surface area (Å²) in [6, 6.07) is 6.02. The first-order valence-corrected chi connectivity index (χ1v) is 6.95. The number of hydrogen-bond acceptors (Lipinski definition) is 3. The molecule has 0 unspecified atom stereocenters. The van der Waals surface area contributed by atoms with Crippen LogP contribution in [0.1, 0.15) is 12.5 Å². The number of nitrogens with one attached hydrogen (secondary N) is 2. The summed E-state index contributed by atoms with van der Waals surface area (Å²) in [7, 11) is 0. The van der Waals surface area contributed by atoms with Crippen LogP contribution in [0.15, 0.2) is 18.2 Å². The number of benzene rings is 1. The molecule has 112 valence electrons. The predicted molar refractivity (Wildman–Crippen MR) is 86.0 cm³/mol. The van der Waals surface area contributed by atoms with Crippen LogP contribution in [0.2, 0.25) is 5.02 Å². The van der Waals surface area contributed by atoms with Crippen LogP contribution in [0, 0.1) is 6.92 Å². The largest absolute Gasteiger partial charge is 0.324 e. The van der Waals surface area contributed by atoms with Gasteiger partial charge in [-0.2, -0.15) is 0 Å². The molecule has 0 aromatic heterocycles. The number of rotatable bonds is 3. The quantitative estimate of drug-likeness (QED) is 0.899. The van der Waals surface area contributed by atoms with E-state index in [9.17, 15) is 4.79 Å². The summed E-state index contributed by atoms with van der Waals surface area (Å²) in [5.41, 5.74) is 1.76. The van der Waals surface area contributed by atoms with Gasteiger partial charge in [-0.3, -0.25) is 9.69 Å². The second kappa shape index (κ2) is 7.84. The summed E-state index contributed by atoms with van der Waals surface area (Å²) in [6.07, 6.45) is 0. The maximum atomic E-state index is 12.0. The number of aryl methyl sites for hydroxylation is 1. The topological polar surface area (TPSA) is 44.4 Å². The van der Waals surface area contributed by atoms with E-state index in [-0.39, 0.29) is 18.3 Å². The maximum absolute atomic E-state index is 12.0. The Bertz CT molecular complexity index is 468. The van der Waals surface area contributed by atoms with E-state index in [1.54, 1.807) is 0 Å². The van der Waals surface area contributed by atoms with Gasteiger partial charge in [0.1, 0.15) is 0 Å². The van der Waals surface area contributed by atoms with Gasteiger partial charge in [-0.25, -0.2) is 0 Å². The minimum atomic E-state index is -0.0143. The Labute approximate surface area is 131 Å². The molecule has 1 aromatic rings. The molecule has 2 rings (SSSR count). The minimum Gasteiger partial charge on any atom is -0.324 e. The van der Waals surface area contributed by atoms with Gasteiger partial charge < -0.3 is 10.6 Å². The first-order valence-electron chi connectivity index (χ1n) is 6.57. The molecule has 2 N–H and O–H groups in total. The molecule has 0 bridgehead atoms. The van der Waals surface area contributed by atoms with Crippen LogP contribution in [0.4, 0.5) is 5.69 Å². The highest BCUT2D eigenvalue weighted by Crippen LogP contribution is 2.22. The van der Waals surface area contributed by atoms with Crippen molar-refractivity contribution in [2.24, 2.45) is 0 Å². The highest BCUT2D eigenvalue weighted by Gasteiger charge is 2.20. The van der Waals surface area contributed by atoms with E-state index >= 15 is 0 Å². The number of hydrogen-bond donors (Lipinski definition) is 2. The lowest BCUT2D eigenvalue weighted by Crippen LogP contribution is -2.51. The summed E-state index contributed by atoms with van der Waals surface area (Å²) >= 11 is 6.11. The van der Waals surface area contributed by atoms with E-state index in [0.29, 0.717) is 23.3 Å². The summed E-state index contributed by atoms with van der Waals surface area (Å²) in [5.74, 6) is -0.0143. The fourth-order valence-electron chi connectivity index (χ4n) is 2.21. The second-order valence-corrected chi connectivity index (χ2v) is 5.46. The Kier molecular flexibility index (Phi) is 6.76. The number of nitrogens with zero attached hydrogens (tertiary/aromatic N) is 1. The molecule has 4 nitrogen and oxygen atoms in total. The first-order chi connectivity index (χ1) is 9.06. The van der Waals surface area contributed by atoms with Crippen molar-refractivity contribution in [2.45, 2.75) is 19.9 Å². The molecule has 0 spiro atoms. The minimum absolute atomic E-state index is 0. The Hall–Kier alpha value is -0.810. The zero-order valence-electron chi connectivity index (χ0n) is 11.8. The van der Waals surface area contributed by atoms with Crippen LogP contribution < -0.4 is 10.6 Å². The molecular formula is C14H21Cl2N3O. The monoisotopic (exact) mass is 317 g/mol. The normalized spacial score (nSPS) is 19.2. The van der Waals surface area contributed by atoms with E-state index in [0.717, 1.165) is 25.2 Å². The SMILES string of the molecule is Cc1ccc(NC(=O)CN2CCNC[C@@H]2C)c(Cl)c1.Cl. The molecule has 0 radical (unpaired) electrons. The molecule has 1 aliphatic rings. The van der Waals surface area contributed by atoms with E-state index in [4.69, 9.17) is 11.6 Å². The maximum Gasteiger partial charge on any atom is 0.238 e. The average Bonchev–Trinajstić information content (AvgIpc) is 2.36. The fourth-order valence-corrected chi connectivity index (χ4v) is 2.50. The van der Waals surface area contributed by atoms with Crippen LogP contribution in [-0.4, -0.2) is 43.0 Å². The van der Waals surface area contributed by atoms with Crippen LogP contribution in [-0.2, 0) is 4.79 Å². The van der Waals surface area contributed by atoms with Crippen molar-refractivity contribution < 1.29 is 4.79 Å². The van der Waals surface area contributed by atoms with Crippen LogP contribution in [0.3, 0.4) is 0 Å². The molecule has 1 amide bonds. The molecule has 6 heteroatoms. The summed E-state index contributed by atoms with van der Waals surface area (Å²) in [6.45, 7) is 7.27. The third-order valence-electron chi connectivity index (χ3n) is 3.38. The number of halogens is 2. The molecule has 0 saturated carbocycles. The molecule has 0 aliphatic carbocycles. The summed E-state index contributed by atoms with van der Waals surface area (Å²) in [4.78, 5) is 14.2. The molecule has 1 aromatic carbocycles. The van der Waals surface area contributed by atoms with Gasteiger partial charge in [-0.1, -0.05) is 17.7 Å². The number of piperazine rings is 1. The Balaban J connectivity index is 0.00000200. The van der Waals surface area contributed by atoms with Gasteiger partial charge in [0.2, 0.25) is 5.91 Å². The van der Waals surface area contributed by atoms with Gasteiger partial charge in [-0.15, -0.1) is 12.4 Å². The van der Waals surface area contributed by atoms with Crippen molar-refractivity contribution in [2.75, 3.05) is 31.5 Å². The molecule has 1 fully saturated rings. The zero-order valence-corrected chi connectivity index (χ0v) is 13.4. The lowest BCUT2D eigenvalue weighted by Gasteiger charge is -2.33. The average molecular weight is 318 g/mol. The van der Waals surface area contributed by atoms with Crippen molar-refractivity contribution >= 4 is 35.6 Å². The third kappa shape index (κ3) is 4.63. The predicted octanol–water partition coefficient (Wildman–Crippen LogP) is 2.30. The van der Waals surface area contributed by atoms with Gasteiger partial charge in [0.05, 0.1) is 17.3 Å². The van der Waals surface area contributed by atoms with Crippen molar-refractivity contribution in [3.8, 4) is 0 Å². The number of carbonyl (C=O) groups excluding carboxylic acids is 1. The number of amides is 1. The van der Waals surface area contributed by atoms with Crippen molar-refractivity contribution in [3.05, 3.63) is 28.8 Å². The highest BCUT2D eigenvalue weighted by molar-refractivity contribution is 6.33. The first kappa shape index (κ1) is 17.2. The highest BCUT2D eigenvalue weighted by atomic mass is 35.5. The molecule has 1 atom stereocenters. The zero-order chi connectivity index (χ0) is 13.8. The van der Waals surface area contributed by atoms with E-state index < -0.39 is 0 Å². The number of anilines is 1. The lowest BCUT2D eigenvalue weighted by molar-refractivity contribution is -0.118. The lowest BCUT2D eigenvalue weighted by atomic mass is 10.2. The van der Waals surface area contributed by atoms with Crippen molar-refractivity contribution in [1.82, 2.24) is 10.2 Å². The molecule has 1 saturated heterocycles. The van der Waals surface area contributed by atoms with Gasteiger partial charge in [0, 0.05) is 25.7 Å².